The van der Waals surface area contributed by atoms with Gasteiger partial charge in [0.25, 0.3) is 0 Å². The van der Waals surface area contributed by atoms with Gasteiger partial charge in [0.2, 0.25) is 0 Å². The van der Waals surface area contributed by atoms with E-state index in [0.29, 0.717) is 6.54 Å². The lowest BCUT2D eigenvalue weighted by Gasteiger charge is -2.37. The number of halogens is 2. The molecule has 0 amide bonds. The van der Waals surface area contributed by atoms with E-state index in [1.165, 1.54) is 0 Å². The first-order valence-corrected chi connectivity index (χ1v) is 10.9. The average Bonchev–Trinajstić information content (AvgIpc) is 2.61. The molecule has 1 aliphatic rings. The second-order valence-corrected chi connectivity index (χ2v) is 8.84. The number of anilines is 1. The number of hydrogen-bond acceptors (Lipinski definition) is 4. The summed E-state index contributed by atoms with van der Waals surface area (Å²) in [6.45, 7) is 8.15. The molecule has 1 heterocycles. The van der Waals surface area contributed by atoms with Gasteiger partial charge in [-0.25, -0.2) is 8.42 Å². The number of hydrogen-bond donors (Lipinski definition) is 1. The van der Waals surface area contributed by atoms with Crippen molar-refractivity contribution in [1.29, 1.82) is 0 Å². The fourth-order valence-electron chi connectivity index (χ4n) is 2.71. The minimum absolute atomic E-state index is 0. The van der Waals surface area contributed by atoms with Crippen molar-refractivity contribution >= 4 is 57.1 Å². The third-order valence-corrected chi connectivity index (χ3v) is 6.11. The molecule has 26 heavy (non-hydrogen) atoms. The number of guanidine groups is 1. The second-order valence-electron chi connectivity index (χ2n) is 5.93. The van der Waals surface area contributed by atoms with Crippen LogP contribution in [0.3, 0.4) is 0 Å². The summed E-state index contributed by atoms with van der Waals surface area (Å²) >= 11 is 6.08. The maximum absolute atomic E-state index is 11.6. The first-order chi connectivity index (χ1) is 11.9. The highest BCUT2D eigenvalue weighted by Gasteiger charge is 2.20. The number of benzene rings is 1. The average molecular weight is 515 g/mol. The Balaban J connectivity index is 0.00000338. The van der Waals surface area contributed by atoms with Crippen LogP contribution in [0, 0.1) is 0 Å². The quantitative estimate of drug-likeness (QED) is 0.359. The Labute approximate surface area is 178 Å². The largest absolute Gasteiger partial charge is 0.368 e. The third kappa shape index (κ3) is 7.11. The van der Waals surface area contributed by atoms with Crippen LogP contribution in [0.15, 0.2) is 29.3 Å². The molecule has 148 valence electrons. The fourth-order valence-corrected chi connectivity index (χ4v) is 3.55. The summed E-state index contributed by atoms with van der Waals surface area (Å²) in [6, 6.07) is 7.88. The first kappa shape index (κ1) is 23.3. The summed E-state index contributed by atoms with van der Waals surface area (Å²) in [5, 5.41) is 4.00. The minimum atomic E-state index is -2.98. The number of aliphatic imine (C=N–C) groups is 1. The number of nitrogens with zero attached hydrogens (tertiary/aromatic N) is 3. The van der Waals surface area contributed by atoms with Crippen LogP contribution in [0.4, 0.5) is 5.69 Å². The summed E-state index contributed by atoms with van der Waals surface area (Å²) in [6.07, 6.45) is 0. The van der Waals surface area contributed by atoms with Crippen molar-refractivity contribution in [3.63, 3.8) is 0 Å². The summed E-state index contributed by atoms with van der Waals surface area (Å²) in [5.41, 5.74) is 1.13. The maximum atomic E-state index is 11.6. The van der Waals surface area contributed by atoms with Crippen LogP contribution in [0.5, 0.6) is 0 Å². The van der Waals surface area contributed by atoms with E-state index in [1.807, 2.05) is 25.1 Å². The summed E-state index contributed by atoms with van der Waals surface area (Å²) in [5.74, 6) is 1.05. The van der Waals surface area contributed by atoms with E-state index in [9.17, 15) is 8.42 Å². The van der Waals surface area contributed by atoms with Crippen molar-refractivity contribution in [1.82, 2.24) is 10.2 Å². The molecule has 0 radical (unpaired) electrons. The smallest absolute Gasteiger partial charge is 0.194 e. The zero-order valence-electron chi connectivity index (χ0n) is 15.3. The Bertz CT molecular complexity index is 692. The van der Waals surface area contributed by atoms with E-state index in [-0.39, 0.29) is 35.5 Å². The van der Waals surface area contributed by atoms with Crippen molar-refractivity contribution in [2.45, 2.75) is 13.8 Å². The lowest BCUT2D eigenvalue weighted by molar-refractivity contribution is 0.373. The molecule has 0 spiro atoms. The SMILES string of the molecule is CCNC(=NCCS(=O)(=O)CC)N1CCN(c2cccc(Cl)c2)CC1.I. The number of sulfone groups is 1. The van der Waals surface area contributed by atoms with Gasteiger partial charge >= 0.3 is 0 Å². The van der Waals surface area contributed by atoms with Crippen molar-refractivity contribution in [3.05, 3.63) is 29.3 Å². The molecule has 1 N–H and O–H groups in total. The van der Waals surface area contributed by atoms with E-state index in [1.54, 1.807) is 6.92 Å². The van der Waals surface area contributed by atoms with Crippen LogP contribution in [0.2, 0.25) is 5.02 Å². The second kappa shape index (κ2) is 11.2. The van der Waals surface area contributed by atoms with Gasteiger partial charge in [0.15, 0.2) is 15.8 Å². The van der Waals surface area contributed by atoms with Gasteiger partial charge in [0.05, 0.1) is 12.3 Å². The molecule has 0 bridgehead atoms. The highest BCUT2D eigenvalue weighted by atomic mass is 127. The Morgan fingerprint density at radius 2 is 1.92 bits per heavy atom. The molecule has 0 aromatic heterocycles. The number of piperazine rings is 1. The van der Waals surface area contributed by atoms with E-state index in [0.717, 1.165) is 49.4 Å². The van der Waals surface area contributed by atoms with Crippen LogP contribution in [-0.4, -0.2) is 70.1 Å². The van der Waals surface area contributed by atoms with Crippen LogP contribution in [-0.2, 0) is 9.84 Å². The van der Waals surface area contributed by atoms with Crippen LogP contribution in [0.25, 0.3) is 0 Å². The highest BCUT2D eigenvalue weighted by Crippen LogP contribution is 2.20. The molecule has 1 aromatic carbocycles. The number of rotatable bonds is 6. The minimum Gasteiger partial charge on any atom is -0.368 e. The zero-order valence-corrected chi connectivity index (χ0v) is 19.2. The summed E-state index contributed by atoms with van der Waals surface area (Å²) < 4.78 is 23.2. The molecule has 1 aromatic rings. The number of nitrogens with one attached hydrogen (secondary N) is 1. The molecule has 1 aliphatic heterocycles. The first-order valence-electron chi connectivity index (χ1n) is 8.69. The monoisotopic (exact) mass is 514 g/mol. The molecule has 9 heteroatoms. The molecule has 1 fully saturated rings. The van der Waals surface area contributed by atoms with Gasteiger partial charge in [-0.15, -0.1) is 24.0 Å². The molecule has 2 rings (SSSR count). The molecule has 1 saturated heterocycles. The Kier molecular flexibility index (Phi) is 10.0. The standard InChI is InChI=1S/C17H27ClN4O2S.HI/c1-3-19-17(20-8-13-25(23,24)4-2)22-11-9-21(10-12-22)16-7-5-6-15(18)14-16;/h5-7,14H,3-4,8-13H2,1-2H3,(H,19,20);1H. The van der Waals surface area contributed by atoms with Crippen LogP contribution >= 0.6 is 35.6 Å². The van der Waals surface area contributed by atoms with E-state index < -0.39 is 9.84 Å². The molecule has 0 atom stereocenters. The van der Waals surface area contributed by atoms with Gasteiger partial charge in [-0.1, -0.05) is 24.6 Å². The Morgan fingerprint density at radius 1 is 1.23 bits per heavy atom. The molecular weight excluding hydrogens is 487 g/mol. The van der Waals surface area contributed by atoms with Crippen molar-refractivity contribution in [3.8, 4) is 0 Å². The van der Waals surface area contributed by atoms with Gasteiger partial charge in [-0.2, -0.15) is 0 Å². The Morgan fingerprint density at radius 3 is 2.50 bits per heavy atom. The third-order valence-electron chi connectivity index (χ3n) is 4.19. The molecule has 6 nitrogen and oxygen atoms in total. The van der Waals surface area contributed by atoms with E-state index in [4.69, 9.17) is 11.6 Å². The fraction of sp³-hybridized carbons (Fsp3) is 0.588. The van der Waals surface area contributed by atoms with Crippen molar-refractivity contribution in [2.24, 2.45) is 4.99 Å². The predicted molar refractivity (Wildman–Crippen MR) is 121 cm³/mol. The summed E-state index contributed by atoms with van der Waals surface area (Å²) in [4.78, 5) is 8.98. The van der Waals surface area contributed by atoms with Gasteiger partial charge in [0, 0.05) is 49.2 Å². The van der Waals surface area contributed by atoms with Crippen molar-refractivity contribution in [2.75, 3.05) is 55.7 Å². The molecule has 0 unspecified atom stereocenters. The van der Waals surface area contributed by atoms with Crippen molar-refractivity contribution < 1.29 is 8.42 Å². The Hall–Kier alpha value is -0.740. The van der Waals surface area contributed by atoms with Crippen LogP contribution in [0.1, 0.15) is 13.8 Å². The van der Waals surface area contributed by atoms with Gasteiger partial charge in [-0.05, 0) is 25.1 Å². The summed E-state index contributed by atoms with van der Waals surface area (Å²) in [7, 11) is -2.98. The van der Waals surface area contributed by atoms with Gasteiger partial charge in [-0.3, -0.25) is 4.99 Å². The zero-order chi connectivity index (χ0) is 18.3. The highest BCUT2D eigenvalue weighted by molar-refractivity contribution is 14.0. The van der Waals surface area contributed by atoms with Crippen LogP contribution < -0.4 is 10.2 Å². The topological polar surface area (TPSA) is 65.0 Å². The lowest BCUT2D eigenvalue weighted by Crippen LogP contribution is -2.52. The van der Waals surface area contributed by atoms with Gasteiger partial charge < -0.3 is 15.1 Å². The van der Waals surface area contributed by atoms with Gasteiger partial charge in [0.1, 0.15) is 0 Å². The maximum Gasteiger partial charge on any atom is 0.194 e. The normalized spacial score (nSPS) is 15.6. The lowest BCUT2D eigenvalue weighted by atomic mass is 10.2. The molecule has 0 aliphatic carbocycles. The molecular formula is C17H28ClIN4O2S. The molecule has 0 saturated carbocycles. The predicted octanol–water partition coefficient (Wildman–Crippen LogP) is 2.48. The van der Waals surface area contributed by atoms with E-state index in [2.05, 4.69) is 26.2 Å². The van der Waals surface area contributed by atoms with E-state index >= 15 is 0 Å².